The van der Waals surface area contributed by atoms with Crippen molar-refractivity contribution in [3.05, 3.63) is 35.9 Å². The minimum absolute atomic E-state index is 0.496. The molecule has 0 spiro atoms. The molecule has 1 aromatic carbocycles. The molecule has 0 radical (unpaired) electrons. The first kappa shape index (κ1) is 16.5. The summed E-state index contributed by atoms with van der Waals surface area (Å²) in [6.07, 6.45) is 5.16. The summed E-state index contributed by atoms with van der Waals surface area (Å²) < 4.78 is 0. The van der Waals surface area contributed by atoms with Crippen molar-refractivity contribution < 1.29 is 0 Å². The molecule has 3 atom stereocenters. The van der Waals surface area contributed by atoms with E-state index in [1.165, 1.54) is 44.3 Å². The SMILES string of the molecule is CCCNC(CCN1CC(C)CCC1C)c1ccccc1. The lowest BCUT2D eigenvalue weighted by Gasteiger charge is -2.37. The summed E-state index contributed by atoms with van der Waals surface area (Å²) in [4.78, 5) is 2.69. The van der Waals surface area contributed by atoms with Crippen molar-refractivity contribution in [2.75, 3.05) is 19.6 Å². The monoisotopic (exact) mass is 288 g/mol. The molecule has 2 heteroatoms. The van der Waals surface area contributed by atoms with Gasteiger partial charge in [0.25, 0.3) is 0 Å². The summed E-state index contributed by atoms with van der Waals surface area (Å²) in [5.41, 5.74) is 1.43. The van der Waals surface area contributed by atoms with Crippen molar-refractivity contribution in [1.82, 2.24) is 10.2 Å². The van der Waals surface area contributed by atoms with Crippen molar-refractivity contribution in [1.29, 1.82) is 0 Å². The number of nitrogens with one attached hydrogen (secondary N) is 1. The number of hydrogen-bond acceptors (Lipinski definition) is 2. The molecule has 21 heavy (non-hydrogen) atoms. The maximum absolute atomic E-state index is 3.72. The van der Waals surface area contributed by atoms with Gasteiger partial charge in [-0.05, 0) is 50.6 Å². The molecule has 1 saturated heterocycles. The molecule has 1 heterocycles. The first-order chi connectivity index (χ1) is 10.2. The van der Waals surface area contributed by atoms with Gasteiger partial charge in [0.2, 0.25) is 0 Å². The van der Waals surface area contributed by atoms with Crippen LogP contribution in [-0.2, 0) is 0 Å². The van der Waals surface area contributed by atoms with Crippen LogP contribution in [0.2, 0.25) is 0 Å². The summed E-state index contributed by atoms with van der Waals surface area (Å²) in [5.74, 6) is 0.861. The normalized spacial score (nSPS) is 24.9. The zero-order valence-corrected chi connectivity index (χ0v) is 14.0. The van der Waals surface area contributed by atoms with E-state index in [4.69, 9.17) is 0 Å². The average molecular weight is 288 g/mol. The Hall–Kier alpha value is -0.860. The standard InChI is InChI=1S/C19H32N2/c1-4-13-20-19(18-8-6-5-7-9-18)12-14-21-15-16(2)10-11-17(21)3/h5-9,16-17,19-20H,4,10-15H2,1-3H3. The molecule has 1 aliphatic heterocycles. The van der Waals surface area contributed by atoms with Crippen molar-refractivity contribution >= 4 is 0 Å². The molecule has 3 unspecified atom stereocenters. The van der Waals surface area contributed by atoms with Gasteiger partial charge in [-0.3, -0.25) is 0 Å². The Morgan fingerprint density at radius 1 is 1.19 bits per heavy atom. The second-order valence-corrected chi connectivity index (χ2v) is 6.73. The second-order valence-electron chi connectivity index (χ2n) is 6.73. The molecule has 0 aliphatic carbocycles. The van der Waals surface area contributed by atoms with E-state index < -0.39 is 0 Å². The first-order valence-electron chi connectivity index (χ1n) is 8.73. The molecular weight excluding hydrogens is 256 g/mol. The Bertz CT molecular complexity index is 390. The van der Waals surface area contributed by atoms with Gasteiger partial charge in [0, 0.05) is 25.2 Å². The van der Waals surface area contributed by atoms with E-state index in [1.807, 2.05) is 0 Å². The van der Waals surface area contributed by atoms with Gasteiger partial charge < -0.3 is 10.2 Å². The van der Waals surface area contributed by atoms with E-state index in [0.717, 1.165) is 18.5 Å². The Morgan fingerprint density at radius 2 is 1.95 bits per heavy atom. The maximum Gasteiger partial charge on any atom is 0.0332 e. The Labute approximate surface area is 130 Å². The fourth-order valence-corrected chi connectivity index (χ4v) is 3.38. The average Bonchev–Trinajstić information content (AvgIpc) is 2.51. The van der Waals surface area contributed by atoms with E-state index in [9.17, 15) is 0 Å². The van der Waals surface area contributed by atoms with Gasteiger partial charge in [-0.15, -0.1) is 0 Å². The molecule has 2 nitrogen and oxygen atoms in total. The first-order valence-corrected chi connectivity index (χ1v) is 8.73. The highest BCUT2D eigenvalue weighted by Gasteiger charge is 2.23. The number of benzene rings is 1. The topological polar surface area (TPSA) is 15.3 Å². The number of hydrogen-bond donors (Lipinski definition) is 1. The smallest absolute Gasteiger partial charge is 0.0332 e. The Kier molecular flexibility index (Phi) is 6.72. The van der Waals surface area contributed by atoms with Gasteiger partial charge in [-0.2, -0.15) is 0 Å². The van der Waals surface area contributed by atoms with Crippen LogP contribution < -0.4 is 5.32 Å². The minimum atomic E-state index is 0.496. The molecule has 0 aromatic heterocycles. The van der Waals surface area contributed by atoms with E-state index in [1.54, 1.807) is 0 Å². The molecule has 2 rings (SSSR count). The van der Waals surface area contributed by atoms with Crippen LogP contribution in [0.5, 0.6) is 0 Å². The van der Waals surface area contributed by atoms with Crippen molar-refractivity contribution in [2.24, 2.45) is 5.92 Å². The summed E-state index contributed by atoms with van der Waals surface area (Å²) >= 11 is 0. The van der Waals surface area contributed by atoms with Crippen LogP contribution in [0.4, 0.5) is 0 Å². The minimum Gasteiger partial charge on any atom is -0.310 e. The summed E-state index contributed by atoms with van der Waals surface area (Å²) in [7, 11) is 0. The van der Waals surface area contributed by atoms with Crippen LogP contribution >= 0.6 is 0 Å². The number of piperidine rings is 1. The fourth-order valence-electron chi connectivity index (χ4n) is 3.38. The molecule has 0 saturated carbocycles. The molecule has 1 aliphatic rings. The molecule has 1 N–H and O–H groups in total. The lowest BCUT2D eigenvalue weighted by Crippen LogP contribution is -2.42. The van der Waals surface area contributed by atoms with Crippen molar-refractivity contribution in [3.8, 4) is 0 Å². The van der Waals surface area contributed by atoms with Crippen LogP contribution in [0.15, 0.2) is 30.3 Å². The molecule has 1 fully saturated rings. The van der Waals surface area contributed by atoms with Gasteiger partial charge >= 0.3 is 0 Å². The molecular formula is C19H32N2. The number of likely N-dealkylation sites (tertiary alicyclic amines) is 1. The third kappa shape index (κ3) is 5.12. The van der Waals surface area contributed by atoms with Crippen LogP contribution in [0, 0.1) is 5.92 Å². The van der Waals surface area contributed by atoms with E-state index >= 15 is 0 Å². The number of rotatable bonds is 7. The quantitative estimate of drug-likeness (QED) is 0.807. The number of nitrogens with zero attached hydrogens (tertiary/aromatic N) is 1. The predicted octanol–water partition coefficient (Wildman–Crippen LogP) is 4.24. The lowest BCUT2D eigenvalue weighted by molar-refractivity contribution is 0.119. The largest absolute Gasteiger partial charge is 0.310 e. The van der Waals surface area contributed by atoms with Crippen LogP contribution in [0.3, 0.4) is 0 Å². The maximum atomic E-state index is 3.72. The Morgan fingerprint density at radius 3 is 2.67 bits per heavy atom. The van der Waals surface area contributed by atoms with Gasteiger partial charge in [0.1, 0.15) is 0 Å². The predicted molar refractivity (Wildman–Crippen MR) is 91.5 cm³/mol. The zero-order chi connectivity index (χ0) is 15.1. The van der Waals surface area contributed by atoms with Crippen LogP contribution in [0.1, 0.15) is 58.1 Å². The molecule has 0 bridgehead atoms. The summed E-state index contributed by atoms with van der Waals surface area (Å²) in [6, 6.07) is 12.2. The van der Waals surface area contributed by atoms with Crippen LogP contribution in [-0.4, -0.2) is 30.6 Å². The lowest BCUT2D eigenvalue weighted by atomic mass is 9.94. The second kappa shape index (κ2) is 8.55. The summed E-state index contributed by atoms with van der Waals surface area (Å²) in [6.45, 7) is 10.6. The third-order valence-electron chi connectivity index (χ3n) is 4.79. The van der Waals surface area contributed by atoms with E-state index in [0.29, 0.717) is 6.04 Å². The highest BCUT2D eigenvalue weighted by molar-refractivity contribution is 5.18. The zero-order valence-electron chi connectivity index (χ0n) is 14.0. The molecule has 118 valence electrons. The highest BCUT2D eigenvalue weighted by Crippen LogP contribution is 2.24. The highest BCUT2D eigenvalue weighted by atomic mass is 15.2. The summed E-state index contributed by atoms with van der Waals surface area (Å²) in [5, 5.41) is 3.72. The third-order valence-corrected chi connectivity index (χ3v) is 4.79. The van der Waals surface area contributed by atoms with Gasteiger partial charge in [-0.25, -0.2) is 0 Å². The van der Waals surface area contributed by atoms with E-state index in [-0.39, 0.29) is 0 Å². The van der Waals surface area contributed by atoms with Gasteiger partial charge in [0.05, 0.1) is 0 Å². The van der Waals surface area contributed by atoms with Crippen molar-refractivity contribution in [2.45, 2.75) is 58.5 Å². The Balaban J connectivity index is 1.92. The molecule has 1 aromatic rings. The molecule has 0 amide bonds. The fraction of sp³-hybridized carbons (Fsp3) is 0.684. The van der Waals surface area contributed by atoms with Gasteiger partial charge in [0.15, 0.2) is 0 Å². The van der Waals surface area contributed by atoms with E-state index in [2.05, 4.69) is 61.3 Å². The van der Waals surface area contributed by atoms with Crippen LogP contribution in [0.25, 0.3) is 0 Å². The van der Waals surface area contributed by atoms with Gasteiger partial charge in [-0.1, -0.05) is 44.2 Å². The van der Waals surface area contributed by atoms with Crippen molar-refractivity contribution in [3.63, 3.8) is 0 Å².